The van der Waals surface area contributed by atoms with Crippen molar-refractivity contribution in [2.75, 3.05) is 6.61 Å². The number of rotatable bonds is 5. The average Bonchev–Trinajstić information content (AvgIpc) is 2.54. The molecule has 2 N–H and O–H groups in total. The highest BCUT2D eigenvalue weighted by Gasteiger charge is 2.08. The van der Waals surface area contributed by atoms with Crippen LogP contribution >= 0.6 is 0 Å². The fourth-order valence-corrected chi connectivity index (χ4v) is 1.66. The number of hydrogen-bond donors (Lipinski definition) is 1. The molecule has 0 atom stereocenters. The van der Waals surface area contributed by atoms with Gasteiger partial charge in [-0.05, 0) is 31.2 Å². The van der Waals surface area contributed by atoms with Crippen LogP contribution < -0.4 is 10.5 Å². The van der Waals surface area contributed by atoms with Crippen LogP contribution in [0.1, 0.15) is 22.8 Å². The fourth-order valence-electron chi connectivity index (χ4n) is 1.66. The maximum Gasteiger partial charge on any atom is 0.365 e. The molecule has 0 saturated carbocycles. The maximum absolute atomic E-state index is 11.8. The van der Waals surface area contributed by atoms with Gasteiger partial charge in [0.15, 0.2) is 5.84 Å². The Hall–Kier alpha value is -2.82. The Kier molecular flexibility index (Phi) is 4.93. The topological polar surface area (TPSA) is 73.9 Å². The molecule has 0 heterocycles. The molecule has 0 aliphatic carbocycles. The third-order valence-corrected chi connectivity index (χ3v) is 2.70. The van der Waals surface area contributed by atoms with Crippen molar-refractivity contribution in [3.8, 4) is 5.75 Å². The highest BCUT2D eigenvalue weighted by atomic mass is 16.7. The zero-order chi connectivity index (χ0) is 15.1. The molecule has 108 valence electrons. The Labute approximate surface area is 123 Å². The van der Waals surface area contributed by atoms with Crippen molar-refractivity contribution in [2.45, 2.75) is 6.92 Å². The van der Waals surface area contributed by atoms with Gasteiger partial charge in [0, 0.05) is 5.56 Å². The minimum Gasteiger partial charge on any atom is -0.494 e. The lowest BCUT2D eigenvalue weighted by atomic mass is 10.2. The van der Waals surface area contributed by atoms with Crippen molar-refractivity contribution in [1.82, 2.24) is 0 Å². The molecular weight excluding hydrogens is 268 g/mol. The quantitative estimate of drug-likeness (QED) is 0.396. The van der Waals surface area contributed by atoms with Gasteiger partial charge in [-0.1, -0.05) is 35.5 Å². The Morgan fingerprint density at radius 1 is 1.05 bits per heavy atom. The van der Waals surface area contributed by atoms with E-state index in [-0.39, 0.29) is 5.84 Å². The SMILES string of the molecule is CCOc1ccc(C(=O)O/N=C(\N)c2ccccc2)cc1. The summed E-state index contributed by atoms with van der Waals surface area (Å²) in [5.41, 5.74) is 6.81. The van der Waals surface area contributed by atoms with Gasteiger partial charge in [-0.3, -0.25) is 0 Å². The summed E-state index contributed by atoms with van der Waals surface area (Å²) in [6, 6.07) is 15.7. The molecule has 0 amide bonds. The van der Waals surface area contributed by atoms with E-state index in [1.807, 2.05) is 25.1 Å². The second kappa shape index (κ2) is 7.09. The number of amidine groups is 1. The van der Waals surface area contributed by atoms with Crippen molar-refractivity contribution in [2.24, 2.45) is 10.9 Å². The van der Waals surface area contributed by atoms with Gasteiger partial charge in [-0.2, -0.15) is 0 Å². The molecule has 0 fully saturated rings. The van der Waals surface area contributed by atoms with E-state index in [0.29, 0.717) is 23.5 Å². The lowest BCUT2D eigenvalue weighted by Crippen LogP contribution is -2.15. The number of hydrogen-bond acceptors (Lipinski definition) is 4. The van der Waals surface area contributed by atoms with Crippen LogP contribution in [0.5, 0.6) is 5.75 Å². The summed E-state index contributed by atoms with van der Waals surface area (Å²) in [6.07, 6.45) is 0. The molecule has 2 aromatic rings. The summed E-state index contributed by atoms with van der Waals surface area (Å²) in [5, 5.41) is 3.64. The van der Waals surface area contributed by atoms with E-state index in [2.05, 4.69) is 5.16 Å². The fraction of sp³-hybridized carbons (Fsp3) is 0.125. The van der Waals surface area contributed by atoms with Gasteiger partial charge in [-0.15, -0.1) is 0 Å². The first-order valence-electron chi connectivity index (χ1n) is 6.54. The first-order valence-corrected chi connectivity index (χ1v) is 6.54. The van der Waals surface area contributed by atoms with E-state index >= 15 is 0 Å². The summed E-state index contributed by atoms with van der Waals surface area (Å²) in [4.78, 5) is 16.7. The number of carbonyl (C=O) groups is 1. The predicted molar refractivity (Wildman–Crippen MR) is 80.2 cm³/mol. The standard InChI is InChI=1S/C16H16N2O3/c1-2-20-14-10-8-13(9-11-14)16(19)21-18-15(17)12-6-4-3-5-7-12/h3-11H,2H2,1H3,(H2,17,18). The molecule has 5 nitrogen and oxygen atoms in total. The molecule has 0 unspecified atom stereocenters. The van der Waals surface area contributed by atoms with Crippen LogP contribution in [0.3, 0.4) is 0 Å². The molecule has 2 aromatic carbocycles. The van der Waals surface area contributed by atoms with Crippen molar-refractivity contribution in [1.29, 1.82) is 0 Å². The number of nitrogens with two attached hydrogens (primary N) is 1. The number of nitrogens with zero attached hydrogens (tertiary/aromatic N) is 1. The Bertz CT molecular complexity index is 622. The molecule has 0 saturated heterocycles. The molecule has 0 bridgehead atoms. The Morgan fingerprint density at radius 2 is 1.71 bits per heavy atom. The normalized spacial score (nSPS) is 11.0. The first kappa shape index (κ1) is 14.6. The molecular formula is C16H16N2O3. The van der Waals surface area contributed by atoms with Crippen molar-refractivity contribution >= 4 is 11.8 Å². The molecule has 0 aliphatic rings. The molecule has 21 heavy (non-hydrogen) atoms. The second-order valence-corrected chi connectivity index (χ2v) is 4.18. The minimum atomic E-state index is -0.572. The number of carbonyl (C=O) groups excluding carboxylic acids is 1. The van der Waals surface area contributed by atoms with E-state index in [1.165, 1.54) is 0 Å². The van der Waals surface area contributed by atoms with E-state index in [4.69, 9.17) is 15.3 Å². The van der Waals surface area contributed by atoms with E-state index in [9.17, 15) is 4.79 Å². The molecule has 5 heteroatoms. The predicted octanol–water partition coefficient (Wildman–Crippen LogP) is 2.56. The summed E-state index contributed by atoms with van der Waals surface area (Å²) in [5.74, 6) is 0.271. The zero-order valence-corrected chi connectivity index (χ0v) is 11.7. The lowest BCUT2D eigenvalue weighted by molar-refractivity contribution is 0.0516. The van der Waals surface area contributed by atoms with Crippen molar-refractivity contribution < 1.29 is 14.4 Å². The summed E-state index contributed by atoms with van der Waals surface area (Å²) < 4.78 is 5.30. The van der Waals surface area contributed by atoms with Crippen LogP contribution in [0.15, 0.2) is 59.8 Å². The van der Waals surface area contributed by atoms with Crippen LogP contribution in [0.4, 0.5) is 0 Å². The summed E-state index contributed by atoms with van der Waals surface area (Å²) >= 11 is 0. The Balaban J connectivity index is 2.01. The maximum atomic E-state index is 11.8. The van der Waals surface area contributed by atoms with Gasteiger partial charge in [0.25, 0.3) is 0 Å². The summed E-state index contributed by atoms with van der Waals surface area (Å²) in [7, 11) is 0. The molecule has 0 radical (unpaired) electrons. The molecule has 0 aromatic heterocycles. The lowest BCUT2D eigenvalue weighted by Gasteiger charge is -2.04. The van der Waals surface area contributed by atoms with Crippen LogP contribution in [-0.4, -0.2) is 18.4 Å². The van der Waals surface area contributed by atoms with Crippen LogP contribution in [-0.2, 0) is 4.84 Å². The van der Waals surface area contributed by atoms with Gasteiger partial charge in [0.05, 0.1) is 12.2 Å². The molecule has 0 spiro atoms. The highest BCUT2D eigenvalue weighted by molar-refractivity contribution is 5.98. The van der Waals surface area contributed by atoms with Crippen molar-refractivity contribution in [3.05, 3.63) is 65.7 Å². The average molecular weight is 284 g/mol. The zero-order valence-electron chi connectivity index (χ0n) is 11.7. The van der Waals surface area contributed by atoms with E-state index in [0.717, 1.165) is 0 Å². The van der Waals surface area contributed by atoms with Crippen LogP contribution in [0.25, 0.3) is 0 Å². The number of ether oxygens (including phenoxy) is 1. The molecule has 2 rings (SSSR count). The minimum absolute atomic E-state index is 0.148. The van der Waals surface area contributed by atoms with E-state index < -0.39 is 5.97 Å². The van der Waals surface area contributed by atoms with Gasteiger partial charge in [-0.25, -0.2) is 4.79 Å². The van der Waals surface area contributed by atoms with E-state index in [1.54, 1.807) is 36.4 Å². The number of oxime groups is 1. The Morgan fingerprint density at radius 3 is 2.33 bits per heavy atom. The third-order valence-electron chi connectivity index (χ3n) is 2.70. The van der Waals surface area contributed by atoms with Gasteiger partial charge >= 0.3 is 5.97 Å². The van der Waals surface area contributed by atoms with Gasteiger partial charge in [0.1, 0.15) is 5.75 Å². The largest absolute Gasteiger partial charge is 0.494 e. The first-order chi connectivity index (χ1) is 10.2. The monoisotopic (exact) mass is 284 g/mol. The van der Waals surface area contributed by atoms with Gasteiger partial charge in [0.2, 0.25) is 0 Å². The summed E-state index contributed by atoms with van der Waals surface area (Å²) in [6.45, 7) is 2.46. The third kappa shape index (κ3) is 4.07. The van der Waals surface area contributed by atoms with Gasteiger partial charge < -0.3 is 15.3 Å². The molecule has 0 aliphatic heterocycles. The van der Waals surface area contributed by atoms with Crippen LogP contribution in [0, 0.1) is 0 Å². The van der Waals surface area contributed by atoms with Crippen molar-refractivity contribution in [3.63, 3.8) is 0 Å². The smallest absolute Gasteiger partial charge is 0.365 e. The number of benzene rings is 2. The second-order valence-electron chi connectivity index (χ2n) is 4.18. The van der Waals surface area contributed by atoms with Crippen LogP contribution in [0.2, 0.25) is 0 Å². The highest BCUT2D eigenvalue weighted by Crippen LogP contribution is 2.13.